The van der Waals surface area contributed by atoms with E-state index in [0.29, 0.717) is 11.4 Å². The van der Waals surface area contributed by atoms with Crippen molar-refractivity contribution in [3.8, 4) is 0 Å². The van der Waals surface area contributed by atoms with Gasteiger partial charge in [-0.25, -0.2) is 4.98 Å². The third-order valence-corrected chi connectivity index (χ3v) is 3.78. The summed E-state index contributed by atoms with van der Waals surface area (Å²) < 4.78 is 33.8. The minimum absolute atomic E-state index is 0.0197. The number of aromatic nitrogens is 1. The van der Waals surface area contributed by atoms with Crippen LogP contribution in [0.5, 0.6) is 0 Å². The minimum atomic E-state index is -4.59. The molecule has 1 atom stereocenters. The Kier molecular flexibility index (Phi) is 3.81. The Hall–Kier alpha value is -1.54. The van der Waals surface area contributed by atoms with Crippen molar-refractivity contribution in [2.45, 2.75) is 13.0 Å². The first-order valence-electron chi connectivity index (χ1n) is 5.67. The third kappa shape index (κ3) is 3.48. The van der Waals surface area contributed by atoms with Gasteiger partial charge in [-0.05, 0) is 17.7 Å². The quantitative estimate of drug-likeness (QED) is 0.801. The summed E-state index contributed by atoms with van der Waals surface area (Å²) in [6.45, 7) is -0.0658. The van der Waals surface area contributed by atoms with Crippen LogP contribution in [0.15, 0.2) is 18.3 Å². The largest absolute Gasteiger partial charge is 0.392 e. The Labute approximate surface area is 110 Å². The second-order valence-corrected chi connectivity index (χ2v) is 5.87. The molecule has 0 aliphatic carbocycles. The number of hydrogen-bond acceptors (Lipinski definition) is 5. The molecule has 1 saturated heterocycles. The maximum atomic E-state index is 12.6. The highest BCUT2D eigenvalue weighted by Gasteiger charge is 2.34. The number of halogens is 1. The zero-order valence-corrected chi connectivity index (χ0v) is 10.8. The summed E-state index contributed by atoms with van der Waals surface area (Å²) in [4.78, 5) is 17.1. The average molecular weight is 288 g/mol. The molecule has 1 aromatic heterocycles. The van der Waals surface area contributed by atoms with Crippen molar-refractivity contribution < 1.29 is 22.2 Å². The number of anilines is 1. The first kappa shape index (κ1) is 13.9. The number of hydrogen-bond donors (Lipinski definition) is 1. The van der Waals surface area contributed by atoms with Crippen LogP contribution in [-0.4, -0.2) is 36.7 Å². The van der Waals surface area contributed by atoms with Gasteiger partial charge in [0.1, 0.15) is 5.82 Å². The van der Waals surface area contributed by atoms with Gasteiger partial charge in [0.25, 0.3) is 0 Å². The van der Waals surface area contributed by atoms with Crippen LogP contribution in [0.3, 0.4) is 0 Å². The highest BCUT2D eigenvalue weighted by atomic mass is 32.3. The molecule has 8 heteroatoms. The summed E-state index contributed by atoms with van der Waals surface area (Å²) in [7, 11) is -4.59. The van der Waals surface area contributed by atoms with Crippen LogP contribution in [-0.2, 0) is 21.6 Å². The molecule has 1 N–H and O–H groups in total. The zero-order valence-electron chi connectivity index (χ0n) is 9.99. The van der Waals surface area contributed by atoms with Gasteiger partial charge in [0.15, 0.2) is 0 Å². The molecule has 0 saturated carbocycles. The van der Waals surface area contributed by atoms with E-state index in [2.05, 4.69) is 4.98 Å². The van der Waals surface area contributed by atoms with Crippen molar-refractivity contribution in [3.05, 3.63) is 23.9 Å². The van der Waals surface area contributed by atoms with Crippen molar-refractivity contribution >= 4 is 21.9 Å². The molecule has 1 amide bonds. The molecule has 6 nitrogen and oxygen atoms in total. The maximum Gasteiger partial charge on any atom is 0.302 e. The van der Waals surface area contributed by atoms with Gasteiger partial charge < -0.3 is 5.11 Å². The Morgan fingerprint density at radius 2 is 2.26 bits per heavy atom. The predicted molar refractivity (Wildman–Crippen MR) is 65.5 cm³/mol. The maximum absolute atomic E-state index is 12.6. The molecule has 0 bridgehead atoms. The van der Waals surface area contributed by atoms with Crippen molar-refractivity contribution in [2.24, 2.45) is 5.92 Å². The Morgan fingerprint density at radius 1 is 1.53 bits per heavy atom. The van der Waals surface area contributed by atoms with Crippen molar-refractivity contribution in [1.82, 2.24) is 4.98 Å². The lowest BCUT2D eigenvalue weighted by molar-refractivity contribution is -0.117. The van der Waals surface area contributed by atoms with E-state index < -0.39 is 21.9 Å². The summed E-state index contributed by atoms with van der Waals surface area (Å²) in [6.07, 6.45) is 1.43. The Morgan fingerprint density at radius 3 is 2.89 bits per heavy atom. The monoisotopic (exact) mass is 288 g/mol. The minimum Gasteiger partial charge on any atom is -0.392 e. The zero-order chi connectivity index (χ0) is 14.0. The molecule has 2 heterocycles. The molecule has 104 valence electrons. The number of aliphatic hydroxyl groups is 1. The second kappa shape index (κ2) is 5.22. The summed E-state index contributed by atoms with van der Waals surface area (Å²) >= 11 is 0. The van der Waals surface area contributed by atoms with E-state index in [1.165, 1.54) is 11.1 Å². The summed E-state index contributed by atoms with van der Waals surface area (Å²) in [6, 6.07) is 3.15. The van der Waals surface area contributed by atoms with Gasteiger partial charge in [-0.1, -0.05) is 0 Å². The van der Waals surface area contributed by atoms with Crippen LogP contribution in [0.25, 0.3) is 0 Å². The lowest BCUT2D eigenvalue weighted by Crippen LogP contribution is -2.26. The van der Waals surface area contributed by atoms with Gasteiger partial charge in [0, 0.05) is 25.1 Å². The van der Waals surface area contributed by atoms with E-state index in [0.717, 1.165) is 0 Å². The Bertz CT molecular complexity index is 590. The number of aliphatic hydroxyl groups excluding tert-OH is 1. The number of nitrogens with zero attached hydrogens (tertiary/aromatic N) is 2. The van der Waals surface area contributed by atoms with Crippen LogP contribution in [0.1, 0.15) is 12.0 Å². The van der Waals surface area contributed by atoms with E-state index in [1.54, 1.807) is 12.1 Å². The number of pyridine rings is 1. The molecule has 0 spiro atoms. The highest BCUT2D eigenvalue weighted by Crippen LogP contribution is 2.25. The molecular formula is C11H13FN2O4S. The molecule has 1 aliphatic heterocycles. The fraction of sp³-hybridized carbons (Fsp3) is 0.455. The van der Waals surface area contributed by atoms with Gasteiger partial charge in [0.2, 0.25) is 5.91 Å². The third-order valence-electron chi connectivity index (χ3n) is 2.91. The van der Waals surface area contributed by atoms with Crippen molar-refractivity contribution in [3.63, 3.8) is 0 Å². The average Bonchev–Trinajstić information content (AvgIpc) is 2.68. The van der Waals surface area contributed by atoms with E-state index in [4.69, 9.17) is 5.11 Å². The molecule has 0 aromatic carbocycles. The molecule has 1 aliphatic rings. The molecular weight excluding hydrogens is 275 g/mol. The van der Waals surface area contributed by atoms with E-state index in [1.807, 2.05) is 0 Å². The van der Waals surface area contributed by atoms with E-state index in [-0.39, 0.29) is 25.5 Å². The Balaban J connectivity index is 2.15. The van der Waals surface area contributed by atoms with E-state index >= 15 is 0 Å². The topological polar surface area (TPSA) is 87.6 Å². The first-order valence-corrected chi connectivity index (χ1v) is 7.23. The first-order chi connectivity index (χ1) is 8.89. The number of carbonyl (C=O) groups excluding carboxylic acids is 1. The molecule has 1 unspecified atom stereocenters. The van der Waals surface area contributed by atoms with Crippen LogP contribution in [0.4, 0.5) is 9.70 Å². The lowest BCUT2D eigenvalue weighted by Gasteiger charge is -2.15. The van der Waals surface area contributed by atoms with E-state index in [9.17, 15) is 17.1 Å². The van der Waals surface area contributed by atoms with Gasteiger partial charge in [-0.2, -0.15) is 8.42 Å². The van der Waals surface area contributed by atoms with Gasteiger partial charge in [0.05, 0.1) is 12.4 Å². The summed E-state index contributed by atoms with van der Waals surface area (Å²) in [5, 5.41) is 9.02. The smallest absolute Gasteiger partial charge is 0.302 e. The fourth-order valence-electron chi connectivity index (χ4n) is 2.10. The molecule has 0 radical (unpaired) electrons. The van der Waals surface area contributed by atoms with Crippen LogP contribution < -0.4 is 4.90 Å². The summed E-state index contributed by atoms with van der Waals surface area (Å²) in [5.74, 6) is -1.18. The van der Waals surface area contributed by atoms with Crippen molar-refractivity contribution in [2.75, 3.05) is 17.2 Å². The summed E-state index contributed by atoms with van der Waals surface area (Å²) in [5.41, 5.74) is 0.597. The molecule has 1 aromatic rings. The fourth-order valence-corrected chi connectivity index (χ4v) is 2.89. The van der Waals surface area contributed by atoms with Gasteiger partial charge in [-0.3, -0.25) is 9.69 Å². The van der Waals surface area contributed by atoms with Gasteiger partial charge in [-0.15, -0.1) is 3.89 Å². The second-order valence-electron chi connectivity index (χ2n) is 4.46. The highest BCUT2D eigenvalue weighted by molar-refractivity contribution is 7.86. The SMILES string of the molecule is O=C1CC(CS(=O)(=O)F)CN1c1cc(CO)ccn1. The number of amides is 1. The normalized spacial score (nSPS) is 20.0. The molecule has 1 fully saturated rings. The molecule has 2 rings (SSSR count). The standard InChI is InChI=1S/C11H13FN2O4S/c12-19(17,18)7-9-4-11(16)14(5-9)10-3-8(6-15)1-2-13-10/h1-3,9,15H,4-7H2. The number of rotatable bonds is 4. The molecule has 19 heavy (non-hydrogen) atoms. The predicted octanol–water partition coefficient (Wildman–Crippen LogP) is 0.226. The number of carbonyl (C=O) groups is 1. The van der Waals surface area contributed by atoms with Crippen LogP contribution in [0, 0.1) is 5.92 Å². The lowest BCUT2D eigenvalue weighted by atomic mass is 10.1. The van der Waals surface area contributed by atoms with Crippen LogP contribution in [0.2, 0.25) is 0 Å². The van der Waals surface area contributed by atoms with Crippen molar-refractivity contribution in [1.29, 1.82) is 0 Å². The van der Waals surface area contributed by atoms with Crippen LogP contribution >= 0.6 is 0 Å². The van der Waals surface area contributed by atoms with Gasteiger partial charge >= 0.3 is 10.2 Å².